The monoisotopic (exact) mass is 276 g/mol. The van der Waals surface area contributed by atoms with Crippen molar-refractivity contribution in [3.63, 3.8) is 0 Å². The Kier molecular flexibility index (Phi) is 2.21. The lowest BCUT2D eigenvalue weighted by atomic mass is 9.93. The normalized spacial score (nSPS) is 11.4. The van der Waals surface area contributed by atoms with Gasteiger partial charge in [-0.2, -0.15) is 0 Å². The quantitative estimate of drug-likeness (QED) is 0.226. The summed E-state index contributed by atoms with van der Waals surface area (Å²) in [6, 6.07) is 14.0. The van der Waals surface area contributed by atoms with Crippen LogP contribution in [0, 0.1) is 15.0 Å². The lowest BCUT2D eigenvalue weighted by Crippen LogP contribution is -1.91. The van der Waals surface area contributed by atoms with Gasteiger partial charge in [0.2, 0.25) is 0 Å². The van der Waals surface area contributed by atoms with Crippen LogP contribution >= 0.6 is 0 Å². The van der Waals surface area contributed by atoms with Crippen LogP contribution in [-0.2, 0) is 0 Å². The van der Waals surface area contributed by atoms with Gasteiger partial charge in [-0.1, -0.05) is 24.3 Å². The Bertz CT molecular complexity index is 1040. The van der Waals surface area contributed by atoms with Crippen molar-refractivity contribution in [2.24, 2.45) is 5.18 Å². The number of hydrogen-bond acceptors (Lipinski definition) is 4. The van der Waals surface area contributed by atoms with Crippen molar-refractivity contribution in [1.82, 2.24) is 0 Å². The molecule has 0 spiro atoms. The third-order valence-electron chi connectivity index (χ3n) is 3.91. The summed E-state index contributed by atoms with van der Waals surface area (Å²) in [5, 5.41) is 19.1. The molecule has 0 heterocycles. The minimum atomic E-state index is -0.384. The van der Waals surface area contributed by atoms with E-state index in [9.17, 15) is 15.0 Å². The fourth-order valence-corrected chi connectivity index (χ4v) is 3.01. The van der Waals surface area contributed by atoms with Gasteiger partial charge in [-0.05, 0) is 39.5 Å². The van der Waals surface area contributed by atoms with Gasteiger partial charge < -0.3 is 0 Å². The summed E-state index contributed by atoms with van der Waals surface area (Å²) in [5.41, 5.74) is 0.421. The van der Waals surface area contributed by atoms with Gasteiger partial charge in [-0.3, -0.25) is 10.1 Å². The first-order chi connectivity index (χ1) is 10.2. The van der Waals surface area contributed by atoms with Gasteiger partial charge in [-0.25, -0.2) is 0 Å². The summed E-state index contributed by atoms with van der Waals surface area (Å²) in [4.78, 5) is 21.8. The second-order valence-electron chi connectivity index (χ2n) is 4.94. The molecule has 0 unspecified atom stereocenters. The number of nitrogens with zero attached hydrogens (tertiary/aromatic N) is 2. The van der Waals surface area contributed by atoms with E-state index in [1.165, 1.54) is 6.07 Å². The van der Waals surface area contributed by atoms with E-state index in [2.05, 4.69) is 5.18 Å². The largest absolute Gasteiger partial charge is 0.277 e. The van der Waals surface area contributed by atoms with Crippen LogP contribution in [0.4, 0.5) is 11.4 Å². The molecule has 0 fully saturated rings. The lowest BCUT2D eigenvalue weighted by Gasteiger charge is -2.11. The lowest BCUT2D eigenvalue weighted by molar-refractivity contribution is -0.383. The molecule has 5 heteroatoms. The third kappa shape index (κ3) is 1.45. The van der Waals surface area contributed by atoms with E-state index in [0.717, 1.165) is 26.9 Å². The number of rotatable bonds is 2. The molecule has 100 valence electrons. The highest BCUT2D eigenvalue weighted by Crippen LogP contribution is 2.41. The molecule has 0 amide bonds. The number of benzene rings is 4. The molecular formula is C16H8N2O3. The zero-order chi connectivity index (χ0) is 14.6. The Morgan fingerprint density at radius 3 is 2.05 bits per heavy atom. The second-order valence-corrected chi connectivity index (χ2v) is 4.94. The van der Waals surface area contributed by atoms with Crippen LogP contribution < -0.4 is 0 Å². The Morgan fingerprint density at radius 1 is 0.810 bits per heavy atom. The van der Waals surface area contributed by atoms with Crippen LogP contribution in [0.1, 0.15) is 0 Å². The van der Waals surface area contributed by atoms with Gasteiger partial charge in [0.25, 0.3) is 5.69 Å². The molecule has 0 aliphatic carbocycles. The zero-order valence-electron chi connectivity index (χ0n) is 10.7. The summed E-state index contributed by atoms with van der Waals surface area (Å²) in [5.74, 6) is 0. The van der Waals surface area contributed by atoms with Crippen molar-refractivity contribution in [2.45, 2.75) is 0 Å². The van der Waals surface area contributed by atoms with Crippen LogP contribution in [-0.4, -0.2) is 4.92 Å². The van der Waals surface area contributed by atoms with E-state index in [0.29, 0.717) is 11.1 Å². The van der Waals surface area contributed by atoms with E-state index >= 15 is 0 Å². The highest BCUT2D eigenvalue weighted by Gasteiger charge is 2.17. The summed E-state index contributed by atoms with van der Waals surface area (Å²) in [6.07, 6.45) is 0. The van der Waals surface area contributed by atoms with Crippen molar-refractivity contribution >= 4 is 43.7 Å². The molecular weight excluding hydrogens is 268 g/mol. The Balaban J connectivity index is 2.36. The molecule has 0 aromatic heterocycles. The molecule has 4 rings (SSSR count). The van der Waals surface area contributed by atoms with Crippen LogP contribution in [0.15, 0.2) is 53.7 Å². The SMILES string of the molecule is O=Nc1ccc2ccc3c([N+](=O)[O-])ccc4ccc1c2c43. The first-order valence-electron chi connectivity index (χ1n) is 6.39. The fourth-order valence-electron chi connectivity index (χ4n) is 3.01. The summed E-state index contributed by atoms with van der Waals surface area (Å²) in [7, 11) is 0. The topological polar surface area (TPSA) is 72.6 Å². The molecule has 0 atom stereocenters. The molecule has 0 aliphatic rings. The van der Waals surface area contributed by atoms with Crippen molar-refractivity contribution < 1.29 is 4.92 Å². The molecule has 21 heavy (non-hydrogen) atoms. The van der Waals surface area contributed by atoms with E-state index in [4.69, 9.17) is 0 Å². The highest BCUT2D eigenvalue weighted by atomic mass is 16.6. The van der Waals surface area contributed by atoms with E-state index in [1.807, 2.05) is 24.3 Å². The number of non-ortho nitro benzene ring substituents is 1. The maximum absolute atomic E-state index is 11.2. The maximum atomic E-state index is 11.2. The van der Waals surface area contributed by atoms with Gasteiger partial charge in [0.1, 0.15) is 5.69 Å². The summed E-state index contributed by atoms with van der Waals surface area (Å²) in [6.45, 7) is 0. The molecule has 0 saturated heterocycles. The minimum absolute atomic E-state index is 0.0707. The molecule has 4 aromatic carbocycles. The highest BCUT2D eigenvalue weighted by molar-refractivity contribution is 6.26. The predicted octanol–water partition coefficient (Wildman–Crippen LogP) is 4.89. The standard InChI is InChI=1S/C16H8N2O3/c19-17-13-7-3-9-2-6-12-14(18(20)21)8-4-10-1-5-11(13)15(9)16(10)12/h1-8H. The Labute approximate surface area is 118 Å². The van der Waals surface area contributed by atoms with Crippen LogP contribution in [0.3, 0.4) is 0 Å². The van der Waals surface area contributed by atoms with Gasteiger partial charge >= 0.3 is 0 Å². The van der Waals surface area contributed by atoms with E-state index < -0.39 is 0 Å². The Hall–Kier alpha value is -3.08. The number of nitroso groups, excluding NO2 is 1. The van der Waals surface area contributed by atoms with Crippen molar-refractivity contribution in [3.8, 4) is 0 Å². The van der Waals surface area contributed by atoms with Crippen LogP contribution in [0.2, 0.25) is 0 Å². The van der Waals surface area contributed by atoms with Gasteiger partial charge in [0.05, 0.1) is 10.3 Å². The van der Waals surface area contributed by atoms with E-state index in [-0.39, 0.29) is 10.6 Å². The molecule has 0 radical (unpaired) electrons. The van der Waals surface area contributed by atoms with Gasteiger partial charge in [0, 0.05) is 16.8 Å². The number of nitro benzene ring substituents is 1. The van der Waals surface area contributed by atoms with Crippen molar-refractivity contribution in [3.05, 3.63) is 63.6 Å². The number of hydrogen-bond donors (Lipinski definition) is 0. The van der Waals surface area contributed by atoms with Gasteiger partial charge in [-0.15, -0.1) is 4.91 Å². The molecule has 0 bridgehead atoms. The third-order valence-corrected chi connectivity index (χ3v) is 3.91. The Morgan fingerprint density at radius 2 is 1.38 bits per heavy atom. The van der Waals surface area contributed by atoms with Crippen LogP contribution in [0.5, 0.6) is 0 Å². The first kappa shape index (κ1) is 11.7. The van der Waals surface area contributed by atoms with Gasteiger partial charge in [0.15, 0.2) is 0 Å². The van der Waals surface area contributed by atoms with E-state index in [1.54, 1.807) is 18.2 Å². The van der Waals surface area contributed by atoms with Crippen molar-refractivity contribution in [2.75, 3.05) is 0 Å². The van der Waals surface area contributed by atoms with Crippen molar-refractivity contribution in [1.29, 1.82) is 0 Å². The average molecular weight is 276 g/mol. The molecule has 0 saturated carbocycles. The summed E-state index contributed by atoms with van der Waals surface area (Å²) >= 11 is 0. The molecule has 0 N–H and O–H groups in total. The summed E-state index contributed by atoms with van der Waals surface area (Å²) < 4.78 is 0. The second kappa shape index (κ2) is 3.96. The number of nitro groups is 1. The molecule has 5 nitrogen and oxygen atoms in total. The predicted molar refractivity (Wildman–Crippen MR) is 82.3 cm³/mol. The molecule has 0 aliphatic heterocycles. The van der Waals surface area contributed by atoms with Crippen LogP contribution in [0.25, 0.3) is 32.3 Å². The minimum Gasteiger partial charge on any atom is -0.258 e. The molecule has 4 aromatic rings. The first-order valence-corrected chi connectivity index (χ1v) is 6.39. The average Bonchev–Trinajstić information content (AvgIpc) is 2.51. The zero-order valence-corrected chi connectivity index (χ0v) is 10.7. The smallest absolute Gasteiger partial charge is 0.258 e. The maximum Gasteiger partial charge on any atom is 0.277 e. The fraction of sp³-hybridized carbons (Fsp3) is 0.